The van der Waals surface area contributed by atoms with Gasteiger partial charge in [0.2, 0.25) is 0 Å². The summed E-state index contributed by atoms with van der Waals surface area (Å²) >= 11 is 5.84. The maximum Gasteiger partial charge on any atom is 0.277 e. The molecule has 0 saturated carbocycles. The minimum absolute atomic E-state index is 0.0817. The topological polar surface area (TPSA) is 50.7 Å². The van der Waals surface area contributed by atoms with Gasteiger partial charge in [0.15, 0.2) is 6.61 Å². The van der Waals surface area contributed by atoms with E-state index in [2.05, 4.69) is 10.5 Å². The Balaban J connectivity index is 1.91. The second-order valence-electron chi connectivity index (χ2n) is 5.23. The van der Waals surface area contributed by atoms with E-state index in [1.54, 1.807) is 12.1 Å². The predicted molar refractivity (Wildman–Crippen MR) is 93.2 cm³/mol. The highest BCUT2D eigenvalue weighted by molar-refractivity contribution is 6.30. The van der Waals surface area contributed by atoms with Gasteiger partial charge in [-0.2, -0.15) is 5.10 Å². The summed E-state index contributed by atoms with van der Waals surface area (Å²) in [6.45, 7) is 5.70. The molecular formula is C18H19ClN2O2. The van der Waals surface area contributed by atoms with Gasteiger partial charge in [-0.15, -0.1) is 0 Å². The molecule has 0 heterocycles. The van der Waals surface area contributed by atoms with Gasteiger partial charge < -0.3 is 4.74 Å². The molecule has 0 radical (unpaired) electrons. The van der Waals surface area contributed by atoms with E-state index < -0.39 is 0 Å². The Labute approximate surface area is 141 Å². The van der Waals surface area contributed by atoms with E-state index in [-0.39, 0.29) is 12.5 Å². The summed E-state index contributed by atoms with van der Waals surface area (Å²) in [7, 11) is 0. The summed E-state index contributed by atoms with van der Waals surface area (Å²) in [6.07, 6.45) is 0. The highest BCUT2D eigenvalue weighted by Gasteiger charge is 2.06. The Morgan fingerprint density at radius 3 is 2.57 bits per heavy atom. The lowest BCUT2D eigenvalue weighted by molar-refractivity contribution is -0.123. The first-order chi connectivity index (χ1) is 11.0. The van der Waals surface area contributed by atoms with Crippen LogP contribution in [0.2, 0.25) is 5.02 Å². The summed E-state index contributed by atoms with van der Waals surface area (Å²) < 4.78 is 5.53. The van der Waals surface area contributed by atoms with E-state index in [1.165, 1.54) is 0 Å². The van der Waals surface area contributed by atoms with Gasteiger partial charge in [-0.3, -0.25) is 4.79 Å². The van der Waals surface area contributed by atoms with E-state index in [0.717, 1.165) is 16.7 Å². The lowest BCUT2D eigenvalue weighted by Gasteiger charge is -2.10. The Kier molecular flexibility index (Phi) is 5.77. The summed E-state index contributed by atoms with van der Waals surface area (Å²) in [5, 5.41) is 4.73. The number of carbonyl (C=O) groups excluding carboxylic acids is 1. The SMILES string of the molecule is C/C(=N\NC(=O)COc1cccc(C)c1C)c1ccc(Cl)cc1. The van der Waals surface area contributed by atoms with Crippen molar-refractivity contribution in [2.24, 2.45) is 5.10 Å². The second-order valence-corrected chi connectivity index (χ2v) is 5.66. The maximum absolute atomic E-state index is 11.8. The van der Waals surface area contributed by atoms with Crippen molar-refractivity contribution in [2.45, 2.75) is 20.8 Å². The van der Waals surface area contributed by atoms with Crippen LogP contribution < -0.4 is 10.2 Å². The molecule has 0 aliphatic carbocycles. The van der Waals surface area contributed by atoms with Crippen molar-refractivity contribution >= 4 is 23.2 Å². The Bertz CT molecular complexity index is 724. The van der Waals surface area contributed by atoms with Gasteiger partial charge >= 0.3 is 0 Å². The van der Waals surface area contributed by atoms with Crippen LogP contribution in [0.25, 0.3) is 0 Å². The summed E-state index contributed by atoms with van der Waals surface area (Å²) in [6, 6.07) is 13.0. The number of hydrogen-bond acceptors (Lipinski definition) is 3. The van der Waals surface area contributed by atoms with Crippen LogP contribution in [-0.4, -0.2) is 18.2 Å². The number of ether oxygens (including phenoxy) is 1. The Hall–Kier alpha value is -2.33. The zero-order valence-corrected chi connectivity index (χ0v) is 14.1. The van der Waals surface area contributed by atoms with Crippen molar-refractivity contribution in [3.05, 3.63) is 64.2 Å². The molecular weight excluding hydrogens is 312 g/mol. The zero-order valence-electron chi connectivity index (χ0n) is 13.4. The van der Waals surface area contributed by atoms with Crippen molar-refractivity contribution in [1.82, 2.24) is 5.43 Å². The van der Waals surface area contributed by atoms with Gasteiger partial charge in [-0.25, -0.2) is 5.43 Å². The molecule has 0 aromatic heterocycles. The first-order valence-electron chi connectivity index (χ1n) is 7.25. The molecule has 2 aromatic carbocycles. The number of amides is 1. The molecule has 1 amide bonds. The van der Waals surface area contributed by atoms with Gasteiger partial charge in [0.05, 0.1) is 5.71 Å². The minimum Gasteiger partial charge on any atom is -0.483 e. The molecule has 0 fully saturated rings. The van der Waals surface area contributed by atoms with Crippen LogP contribution in [0.5, 0.6) is 5.75 Å². The van der Waals surface area contributed by atoms with Gasteiger partial charge in [0.1, 0.15) is 5.75 Å². The molecule has 0 saturated heterocycles. The van der Waals surface area contributed by atoms with Crippen LogP contribution in [0.15, 0.2) is 47.6 Å². The number of nitrogens with one attached hydrogen (secondary N) is 1. The van der Waals surface area contributed by atoms with Gasteiger partial charge in [-0.05, 0) is 55.7 Å². The molecule has 0 spiro atoms. The highest BCUT2D eigenvalue weighted by atomic mass is 35.5. The van der Waals surface area contributed by atoms with Crippen molar-refractivity contribution in [1.29, 1.82) is 0 Å². The smallest absolute Gasteiger partial charge is 0.277 e. The van der Waals surface area contributed by atoms with Crippen LogP contribution in [0, 0.1) is 13.8 Å². The lowest BCUT2D eigenvalue weighted by Crippen LogP contribution is -2.25. The molecule has 120 valence electrons. The maximum atomic E-state index is 11.8. The third kappa shape index (κ3) is 4.83. The van der Waals surface area contributed by atoms with E-state index in [1.807, 2.05) is 51.1 Å². The summed E-state index contributed by atoms with van der Waals surface area (Å²) in [4.78, 5) is 11.8. The molecule has 5 heteroatoms. The largest absolute Gasteiger partial charge is 0.483 e. The van der Waals surface area contributed by atoms with Crippen molar-refractivity contribution in [2.75, 3.05) is 6.61 Å². The first kappa shape index (κ1) is 17.0. The van der Waals surface area contributed by atoms with Gasteiger partial charge in [0.25, 0.3) is 5.91 Å². The number of aryl methyl sites for hydroxylation is 1. The second kappa shape index (κ2) is 7.79. The van der Waals surface area contributed by atoms with Crippen LogP contribution >= 0.6 is 11.6 Å². The van der Waals surface area contributed by atoms with Gasteiger partial charge in [0, 0.05) is 5.02 Å². The van der Waals surface area contributed by atoms with E-state index in [4.69, 9.17) is 16.3 Å². The monoisotopic (exact) mass is 330 g/mol. The molecule has 2 aromatic rings. The quantitative estimate of drug-likeness (QED) is 0.668. The minimum atomic E-state index is -0.306. The first-order valence-corrected chi connectivity index (χ1v) is 7.63. The van der Waals surface area contributed by atoms with Crippen LogP contribution in [0.1, 0.15) is 23.6 Å². The van der Waals surface area contributed by atoms with Crippen LogP contribution in [0.4, 0.5) is 0 Å². The fourth-order valence-corrected chi connectivity index (χ4v) is 2.08. The van der Waals surface area contributed by atoms with Crippen molar-refractivity contribution in [3.63, 3.8) is 0 Å². The third-order valence-corrected chi connectivity index (χ3v) is 3.78. The molecule has 0 unspecified atom stereocenters. The average molecular weight is 331 g/mol. The summed E-state index contributed by atoms with van der Waals surface area (Å²) in [5.74, 6) is 0.401. The molecule has 2 rings (SSSR count). The zero-order chi connectivity index (χ0) is 16.8. The van der Waals surface area contributed by atoms with E-state index in [0.29, 0.717) is 16.5 Å². The fraction of sp³-hybridized carbons (Fsp3) is 0.222. The van der Waals surface area contributed by atoms with E-state index in [9.17, 15) is 4.79 Å². The molecule has 0 bridgehead atoms. The van der Waals surface area contributed by atoms with Crippen molar-refractivity contribution in [3.8, 4) is 5.75 Å². The van der Waals surface area contributed by atoms with Crippen LogP contribution in [0.3, 0.4) is 0 Å². The predicted octanol–water partition coefficient (Wildman–Crippen LogP) is 3.88. The molecule has 1 N–H and O–H groups in total. The molecule has 4 nitrogen and oxygen atoms in total. The standard InChI is InChI=1S/C18H19ClN2O2/c1-12-5-4-6-17(13(12)2)23-11-18(22)21-20-14(3)15-7-9-16(19)10-8-15/h4-10H,11H2,1-3H3,(H,21,22)/b20-14+. The summed E-state index contributed by atoms with van der Waals surface area (Å²) in [5.41, 5.74) is 6.23. The number of nitrogens with zero attached hydrogens (tertiary/aromatic N) is 1. The number of benzene rings is 2. The average Bonchev–Trinajstić information content (AvgIpc) is 2.54. The van der Waals surface area contributed by atoms with Crippen LogP contribution in [-0.2, 0) is 4.79 Å². The lowest BCUT2D eigenvalue weighted by atomic mass is 10.1. The number of hydrazone groups is 1. The fourth-order valence-electron chi connectivity index (χ4n) is 1.96. The molecule has 23 heavy (non-hydrogen) atoms. The molecule has 0 aliphatic rings. The van der Waals surface area contributed by atoms with Crippen molar-refractivity contribution < 1.29 is 9.53 Å². The molecule has 0 atom stereocenters. The van der Waals surface area contributed by atoms with E-state index >= 15 is 0 Å². The Morgan fingerprint density at radius 2 is 1.87 bits per heavy atom. The number of carbonyl (C=O) groups is 1. The normalized spacial score (nSPS) is 11.2. The number of rotatable bonds is 5. The Morgan fingerprint density at radius 1 is 1.17 bits per heavy atom. The van der Waals surface area contributed by atoms with Gasteiger partial charge in [-0.1, -0.05) is 35.9 Å². The highest BCUT2D eigenvalue weighted by Crippen LogP contribution is 2.20. The number of halogens is 1. The molecule has 0 aliphatic heterocycles. The third-order valence-electron chi connectivity index (χ3n) is 3.52. The number of hydrogen-bond donors (Lipinski definition) is 1.